The van der Waals surface area contributed by atoms with Gasteiger partial charge in [0, 0.05) is 25.9 Å². The average Bonchev–Trinajstić information content (AvgIpc) is 3.01. The summed E-state index contributed by atoms with van der Waals surface area (Å²) in [6.45, 7) is 1.78. The second kappa shape index (κ2) is 9.42. The van der Waals surface area contributed by atoms with Crippen LogP contribution in [0.4, 0.5) is 0 Å². The lowest BCUT2D eigenvalue weighted by atomic mass is 10.0. The second-order valence-electron chi connectivity index (χ2n) is 5.17. The second-order valence-corrected chi connectivity index (χ2v) is 6.24. The molecule has 126 valence electrons. The lowest BCUT2D eigenvalue weighted by Gasteiger charge is -2.06. The molecule has 0 spiro atoms. The van der Waals surface area contributed by atoms with E-state index in [0.717, 1.165) is 24.0 Å². The Hall–Kier alpha value is -1.89. The van der Waals surface area contributed by atoms with Gasteiger partial charge in [-0.1, -0.05) is 66.4 Å². The molecule has 0 saturated carbocycles. The van der Waals surface area contributed by atoms with E-state index >= 15 is 0 Å². The Bertz CT molecular complexity index is 730. The number of nitrogens with one attached hydrogen (secondary N) is 1. The molecule has 0 atom stereocenters. The van der Waals surface area contributed by atoms with Crippen LogP contribution in [0.15, 0.2) is 59.8 Å². The third kappa shape index (κ3) is 5.06. The van der Waals surface area contributed by atoms with Crippen LogP contribution >= 0.6 is 11.8 Å². The maximum atomic E-state index is 3.95. The molecule has 7 heteroatoms. The van der Waals surface area contributed by atoms with Gasteiger partial charge in [0.2, 0.25) is 5.16 Å². The summed E-state index contributed by atoms with van der Waals surface area (Å²) < 4.78 is 1.69. The molecule has 0 aliphatic rings. The summed E-state index contributed by atoms with van der Waals surface area (Å²) in [6.07, 6.45) is 0. The molecule has 24 heavy (non-hydrogen) atoms. The summed E-state index contributed by atoms with van der Waals surface area (Å²) in [4.78, 5) is 0. The van der Waals surface area contributed by atoms with E-state index in [9.17, 15) is 0 Å². The van der Waals surface area contributed by atoms with Crippen LogP contribution in [-0.4, -0.2) is 32.5 Å². The number of halogens is 1. The maximum Gasteiger partial charge on any atom is 0.209 e. The van der Waals surface area contributed by atoms with Gasteiger partial charge in [-0.2, -0.15) is 0 Å². The fourth-order valence-corrected chi connectivity index (χ4v) is 2.98. The SMILES string of the molecule is Cn1nnnc1SCCNCc1ccc(-c2ccccc2)cc1.[Cl-]. The number of hydrogen-bond donors (Lipinski definition) is 1. The number of hydrogen-bond acceptors (Lipinski definition) is 5. The molecule has 1 heterocycles. The molecule has 0 fully saturated rings. The fraction of sp³-hybridized carbons (Fsp3) is 0.235. The molecule has 0 aliphatic carbocycles. The highest BCUT2D eigenvalue weighted by molar-refractivity contribution is 7.99. The molecule has 0 bridgehead atoms. The zero-order valence-electron chi connectivity index (χ0n) is 13.4. The Kier molecular flexibility index (Phi) is 7.24. The lowest BCUT2D eigenvalue weighted by Crippen LogP contribution is -3.00. The molecule has 0 aliphatic heterocycles. The van der Waals surface area contributed by atoms with Crippen LogP contribution in [0, 0.1) is 0 Å². The summed E-state index contributed by atoms with van der Waals surface area (Å²) in [5.41, 5.74) is 3.79. The molecule has 0 saturated heterocycles. The maximum absolute atomic E-state index is 3.95. The number of thioether (sulfide) groups is 1. The van der Waals surface area contributed by atoms with Crippen LogP contribution < -0.4 is 17.7 Å². The third-order valence-electron chi connectivity index (χ3n) is 3.48. The van der Waals surface area contributed by atoms with Crippen molar-refractivity contribution < 1.29 is 12.4 Å². The first-order valence-corrected chi connectivity index (χ1v) is 8.52. The van der Waals surface area contributed by atoms with Gasteiger partial charge in [-0.05, 0) is 27.1 Å². The van der Waals surface area contributed by atoms with Crippen LogP contribution in [0.3, 0.4) is 0 Å². The standard InChI is InChI=1S/C17H19N5S.ClH/c1-22-17(19-20-21-22)23-12-11-18-13-14-7-9-16(10-8-14)15-5-3-2-4-6-15;/h2-10,18H,11-13H2,1H3;1H/p-1. The lowest BCUT2D eigenvalue weighted by molar-refractivity contribution is -0.00000482. The van der Waals surface area contributed by atoms with Crippen molar-refractivity contribution >= 4 is 11.8 Å². The summed E-state index contributed by atoms with van der Waals surface area (Å²) in [7, 11) is 1.85. The van der Waals surface area contributed by atoms with Gasteiger partial charge >= 0.3 is 0 Å². The highest BCUT2D eigenvalue weighted by Gasteiger charge is 2.02. The molecule has 0 amide bonds. The smallest absolute Gasteiger partial charge is 0.209 e. The minimum absolute atomic E-state index is 0. The van der Waals surface area contributed by atoms with E-state index in [0.29, 0.717) is 0 Å². The van der Waals surface area contributed by atoms with Crippen molar-refractivity contribution in [1.29, 1.82) is 0 Å². The van der Waals surface area contributed by atoms with Crippen LogP contribution in [0.2, 0.25) is 0 Å². The van der Waals surface area contributed by atoms with E-state index in [1.54, 1.807) is 16.4 Å². The first-order valence-electron chi connectivity index (χ1n) is 7.53. The molecule has 0 radical (unpaired) electrons. The molecule has 0 unspecified atom stereocenters. The van der Waals surface area contributed by atoms with Gasteiger partial charge in [0.25, 0.3) is 0 Å². The number of aromatic nitrogens is 4. The van der Waals surface area contributed by atoms with Crippen LogP contribution in [0.5, 0.6) is 0 Å². The molecule has 3 aromatic rings. The molecular weight excluding hydrogens is 342 g/mol. The first kappa shape index (κ1) is 18.4. The minimum Gasteiger partial charge on any atom is -1.00 e. The van der Waals surface area contributed by atoms with Gasteiger partial charge in [0.15, 0.2) is 0 Å². The van der Waals surface area contributed by atoms with Gasteiger partial charge in [-0.15, -0.1) is 5.10 Å². The van der Waals surface area contributed by atoms with Crippen molar-refractivity contribution in [1.82, 2.24) is 25.5 Å². The Morgan fingerprint density at radius 3 is 2.38 bits per heavy atom. The quantitative estimate of drug-likeness (QED) is 0.465. The highest BCUT2D eigenvalue weighted by Crippen LogP contribution is 2.19. The molecule has 2 aromatic carbocycles. The number of rotatable bonds is 7. The summed E-state index contributed by atoms with van der Waals surface area (Å²) in [6, 6.07) is 19.1. The Labute approximate surface area is 152 Å². The Morgan fingerprint density at radius 2 is 1.71 bits per heavy atom. The van der Waals surface area contributed by atoms with Gasteiger partial charge in [-0.3, -0.25) is 0 Å². The van der Waals surface area contributed by atoms with Crippen molar-refractivity contribution in [3.8, 4) is 11.1 Å². The minimum atomic E-state index is 0. The predicted molar refractivity (Wildman–Crippen MR) is 93.1 cm³/mol. The van der Waals surface area contributed by atoms with Crippen LogP contribution in [0.25, 0.3) is 11.1 Å². The Morgan fingerprint density at radius 1 is 1.00 bits per heavy atom. The normalized spacial score (nSPS) is 10.4. The van der Waals surface area contributed by atoms with Crippen LogP contribution in [0.1, 0.15) is 5.56 Å². The van der Waals surface area contributed by atoms with E-state index in [1.807, 2.05) is 13.1 Å². The van der Waals surface area contributed by atoms with E-state index < -0.39 is 0 Å². The Balaban J connectivity index is 0.00000208. The predicted octanol–water partition coefficient (Wildman–Crippen LogP) is -0.237. The van der Waals surface area contributed by atoms with Gasteiger partial charge in [-0.25, -0.2) is 4.68 Å². The zero-order valence-corrected chi connectivity index (χ0v) is 15.0. The van der Waals surface area contributed by atoms with Crippen molar-refractivity contribution in [2.75, 3.05) is 12.3 Å². The van der Waals surface area contributed by atoms with Gasteiger partial charge in [0.1, 0.15) is 0 Å². The molecular formula is C17H19ClN5S-. The van der Waals surface area contributed by atoms with Crippen molar-refractivity contribution in [3.05, 3.63) is 60.2 Å². The summed E-state index contributed by atoms with van der Waals surface area (Å²) in [5, 5.41) is 15.7. The molecule has 1 aromatic heterocycles. The van der Waals surface area contributed by atoms with Gasteiger partial charge < -0.3 is 17.7 Å². The van der Waals surface area contributed by atoms with Crippen LogP contribution in [-0.2, 0) is 13.6 Å². The van der Waals surface area contributed by atoms with Crippen molar-refractivity contribution in [2.24, 2.45) is 7.05 Å². The average molecular weight is 361 g/mol. The van der Waals surface area contributed by atoms with Gasteiger partial charge in [0.05, 0.1) is 0 Å². The topological polar surface area (TPSA) is 55.6 Å². The number of tetrazole rings is 1. The van der Waals surface area contributed by atoms with Crippen molar-refractivity contribution in [2.45, 2.75) is 11.7 Å². The van der Waals surface area contributed by atoms with E-state index in [1.165, 1.54) is 16.7 Å². The third-order valence-corrected chi connectivity index (χ3v) is 4.49. The molecule has 3 rings (SSSR count). The van der Waals surface area contributed by atoms with E-state index in [4.69, 9.17) is 0 Å². The van der Waals surface area contributed by atoms with E-state index in [-0.39, 0.29) is 12.4 Å². The molecule has 5 nitrogen and oxygen atoms in total. The number of aryl methyl sites for hydroxylation is 1. The summed E-state index contributed by atoms with van der Waals surface area (Å²) >= 11 is 1.65. The zero-order chi connectivity index (χ0) is 15.9. The first-order chi connectivity index (χ1) is 11.3. The molecule has 1 N–H and O–H groups in total. The monoisotopic (exact) mass is 360 g/mol. The van der Waals surface area contributed by atoms with Crippen molar-refractivity contribution in [3.63, 3.8) is 0 Å². The largest absolute Gasteiger partial charge is 1.00 e. The fourth-order valence-electron chi connectivity index (χ4n) is 2.24. The highest BCUT2D eigenvalue weighted by atomic mass is 35.5. The number of nitrogens with zero attached hydrogens (tertiary/aromatic N) is 4. The summed E-state index contributed by atoms with van der Waals surface area (Å²) in [5.74, 6) is 0.941. The number of benzene rings is 2. The van der Waals surface area contributed by atoms with E-state index in [2.05, 4.69) is 69.4 Å².